The lowest BCUT2D eigenvalue weighted by atomic mass is 9.82. The fraction of sp³-hybridized carbons (Fsp3) is 0.538. The van der Waals surface area contributed by atoms with Gasteiger partial charge in [0.05, 0.1) is 34.9 Å². The Labute approximate surface area is 437 Å². The molecule has 7 amide bonds. The molecule has 9 atom stereocenters. The molecule has 6 rings (SSSR count). The molecule has 72 heavy (non-hydrogen) atoms. The van der Waals surface area contributed by atoms with Crippen molar-refractivity contribution in [3.63, 3.8) is 0 Å². The maximum atomic E-state index is 14.6. The first-order valence-corrected chi connectivity index (χ1v) is 26.8. The average Bonchev–Trinajstić information content (AvgIpc) is 3.67. The molecule has 2 aromatic rings. The smallest absolute Gasteiger partial charge is 0.250 e. The third-order valence-electron chi connectivity index (χ3n) is 13.7. The first-order valence-electron chi connectivity index (χ1n) is 24.3. The first-order chi connectivity index (χ1) is 34.2. The number of nitrogens with one attached hydrogen (secondary N) is 8. The number of carbonyl (C=O) groups excluding carboxylic acids is 7. The molecule has 17 nitrogen and oxygen atoms in total. The maximum Gasteiger partial charge on any atom is 0.250 e. The van der Waals surface area contributed by atoms with E-state index in [0.29, 0.717) is 59.8 Å². The van der Waals surface area contributed by atoms with Crippen LogP contribution in [0.2, 0.25) is 0 Å². The molecule has 386 valence electrons. The Morgan fingerprint density at radius 2 is 1.26 bits per heavy atom. The molecular formula is C52H68N10O7S3. The van der Waals surface area contributed by atoms with Crippen molar-refractivity contribution in [3.8, 4) is 23.7 Å². The molecule has 20 heteroatoms. The second-order valence-corrected chi connectivity index (χ2v) is 23.0. The van der Waals surface area contributed by atoms with Crippen LogP contribution < -0.4 is 42.5 Å². The summed E-state index contributed by atoms with van der Waals surface area (Å²) >= 11 is 8.68. The Morgan fingerprint density at radius 1 is 0.750 bits per heavy atom. The van der Waals surface area contributed by atoms with E-state index in [4.69, 9.17) is 12.2 Å². The Hall–Kier alpha value is -5.64. The monoisotopic (exact) mass is 1040 g/mol. The van der Waals surface area contributed by atoms with Crippen LogP contribution in [0.1, 0.15) is 84.4 Å². The Morgan fingerprint density at radius 3 is 1.81 bits per heavy atom. The van der Waals surface area contributed by atoms with Gasteiger partial charge in [-0.3, -0.25) is 33.6 Å². The summed E-state index contributed by atoms with van der Waals surface area (Å²) in [6.07, 6.45) is 2.12. The van der Waals surface area contributed by atoms with Crippen molar-refractivity contribution in [2.24, 2.45) is 10.8 Å². The first kappa shape index (κ1) is 55.7. The van der Waals surface area contributed by atoms with Gasteiger partial charge in [-0.25, -0.2) is 0 Å². The topological polar surface area (TPSA) is 222 Å². The van der Waals surface area contributed by atoms with E-state index in [-0.39, 0.29) is 41.6 Å². The predicted molar refractivity (Wildman–Crippen MR) is 285 cm³/mol. The SMILES string of the molecule is CNCC(=S)N[C@H]1CCS[C@H]2CC(C)(C)[C@@H](C(=O)N[C@H](C(=O)NCC#CC#CCNC(=O)[C@](C)(NC(=O)[C@H]3N4C(=O)[C@@H](NC(=O)[C@H](C)NC)CCSC4CC3(C)C)c3ccccc3)c3ccccc3)N2C1=O. The van der Waals surface area contributed by atoms with Gasteiger partial charge in [0.25, 0.3) is 5.91 Å². The Bertz CT molecular complexity index is 2490. The lowest BCUT2D eigenvalue weighted by molar-refractivity contribution is -0.145. The zero-order valence-corrected chi connectivity index (χ0v) is 44.7. The van der Waals surface area contributed by atoms with Gasteiger partial charge in [-0.15, -0.1) is 23.5 Å². The standard InChI is InChI=1S/C52H68N10O7S3/c1-32(54-8)43(63)58-36-24-28-72-39-30-51(4,5)42(62(39)48(36)68)46(66)60-52(6,34-21-15-12-16-22-34)49(69)56-26-18-10-9-17-25-55-44(64)40(33-19-13-11-14-20-33)59-45(65)41-50(2,3)29-38-61(41)47(67)35(23-27-71-38)57-37(70)31-53-7/h11-16,19-22,32,35-36,38-42,53-54H,23-31H2,1-8H3,(H,55,64)(H,56,69)(H,57,70)(H,58,63)(H,59,65)(H,60,66)/t32-,35-,36-,38-,39?,40-,41+,42+,52+/m0/s1. The van der Waals surface area contributed by atoms with Gasteiger partial charge in [-0.1, -0.05) is 112 Å². The summed E-state index contributed by atoms with van der Waals surface area (Å²) in [5.41, 5.74) is -1.78. The van der Waals surface area contributed by atoms with Crippen LogP contribution in [0.3, 0.4) is 0 Å². The van der Waals surface area contributed by atoms with Crippen LogP contribution in [-0.2, 0) is 39.1 Å². The van der Waals surface area contributed by atoms with Crippen molar-refractivity contribution in [3.05, 3.63) is 71.8 Å². The van der Waals surface area contributed by atoms with Gasteiger partial charge in [0.1, 0.15) is 35.7 Å². The fourth-order valence-corrected chi connectivity index (χ4v) is 13.2. The molecule has 0 saturated carbocycles. The third kappa shape index (κ3) is 12.9. The van der Waals surface area contributed by atoms with Crippen LogP contribution in [0.25, 0.3) is 0 Å². The van der Waals surface area contributed by atoms with Gasteiger partial charge in [0, 0.05) is 6.54 Å². The summed E-state index contributed by atoms with van der Waals surface area (Å²) < 4.78 is 0. The van der Waals surface area contributed by atoms with Gasteiger partial charge in [0.2, 0.25) is 35.4 Å². The van der Waals surface area contributed by atoms with E-state index in [1.54, 1.807) is 116 Å². The number of hydrogen-bond donors (Lipinski definition) is 8. The molecule has 0 aliphatic carbocycles. The Balaban J connectivity index is 1.09. The second-order valence-electron chi connectivity index (χ2n) is 20.0. The molecule has 2 aromatic carbocycles. The van der Waals surface area contributed by atoms with Crippen molar-refractivity contribution in [2.45, 2.75) is 120 Å². The zero-order chi connectivity index (χ0) is 52.4. The molecule has 1 unspecified atom stereocenters. The van der Waals surface area contributed by atoms with Crippen LogP contribution in [-0.4, -0.2) is 142 Å². The molecule has 0 aromatic heterocycles. The zero-order valence-electron chi connectivity index (χ0n) is 42.2. The van der Waals surface area contributed by atoms with E-state index in [1.807, 2.05) is 33.8 Å². The van der Waals surface area contributed by atoms with E-state index in [2.05, 4.69) is 66.2 Å². The average molecular weight is 1040 g/mol. The van der Waals surface area contributed by atoms with Crippen LogP contribution in [0.5, 0.6) is 0 Å². The lowest BCUT2D eigenvalue weighted by Crippen LogP contribution is -2.62. The molecule has 4 aliphatic heterocycles. The van der Waals surface area contributed by atoms with Gasteiger partial charge in [-0.05, 0) is 98.9 Å². The minimum atomic E-state index is -1.58. The van der Waals surface area contributed by atoms with Crippen molar-refractivity contribution in [2.75, 3.05) is 45.2 Å². The summed E-state index contributed by atoms with van der Waals surface area (Å²) in [6, 6.07) is 12.9. The van der Waals surface area contributed by atoms with Gasteiger partial charge >= 0.3 is 0 Å². The highest BCUT2D eigenvalue weighted by Gasteiger charge is 2.57. The maximum absolute atomic E-state index is 14.6. The van der Waals surface area contributed by atoms with E-state index in [9.17, 15) is 33.6 Å². The van der Waals surface area contributed by atoms with Crippen LogP contribution >= 0.6 is 35.7 Å². The summed E-state index contributed by atoms with van der Waals surface area (Å²) in [5, 5.41) is 23.0. The van der Waals surface area contributed by atoms with Crippen LogP contribution in [0.4, 0.5) is 0 Å². The molecule has 0 radical (unpaired) electrons. The molecule has 0 spiro atoms. The summed E-state index contributed by atoms with van der Waals surface area (Å²) in [4.78, 5) is 102. The third-order valence-corrected chi connectivity index (χ3v) is 16.5. The Kier molecular flexibility index (Phi) is 18.9. The number of carbonyl (C=O) groups is 7. The number of rotatable bonds is 16. The van der Waals surface area contributed by atoms with Crippen molar-refractivity contribution in [1.29, 1.82) is 0 Å². The van der Waals surface area contributed by atoms with Crippen LogP contribution in [0, 0.1) is 34.5 Å². The molecule has 8 N–H and O–H groups in total. The van der Waals surface area contributed by atoms with E-state index in [0.717, 1.165) is 0 Å². The number of thiocarbonyl (C=S) groups is 1. The highest BCUT2D eigenvalue weighted by atomic mass is 32.2. The predicted octanol–water partition coefficient (Wildman–Crippen LogP) is 1.89. The lowest BCUT2D eigenvalue weighted by Gasteiger charge is -2.37. The van der Waals surface area contributed by atoms with Crippen LogP contribution in [0.15, 0.2) is 60.7 Å². The number of hydrogen-bond acceptors (Lipinski definition) is 12. The summed E-state index contributed by atoms with van der Waals surface area (Å²) in [6.45, 7) is 11.3. The second kappa shape index (κ2) is 24.4. The molecule has 4 aliphatic rings. The minimum Gasteiger partial charge on any atom is -0.367 e. The normalized spacial score (nSPS) is 24.6. The molecular weight excluding hydrogens is 973 g/mol. The van der Waals surface area contributed by atoms with E-state index in [1.165, 1.54) is 0 Å². The fourth-order valence-electron chi connectivity index (χ4n) is 9.76. The molecule has 4 fully saturated rings. The van der Waals surface area contributed by atoms with Crippen molar-refractivity contribution >= 4 is 82.1 Å². The van der Waals surface area contributed by atoms with Crippen molar-refractivity contribution < 1.29 is 33.6 Å². The number of likely N-dealkylation sites (N-methyl/N-ethyl adjacent to an activating group) is 2. The molecule has 4 heterocycles. The number of amides is 7. The molecule has 0 bridgehead atoms. The van der Waals surface area contributed by atoms with E-state index >= 15 is 0 Å². The summed E-state index contributed by atoms with van der Waals surface area (Å²) in [7, 11) is 3.44. The molecule has 4 saturated heterocycles. The van der Waals surface area contributed by atoms with Gasteiger partial charge < -0.3 is 52.3 Å². The number of nitrogens with zero attached hydrogens (tertiary/aromatic N) is 2. The highest BCUT2D eigenvalue weighted by Crippen LogP contribution is 2.48. The number of benzene rings is 2. The van der Waals surface area contributed by atoms with Gasteiger partial charge in [0.15, 0.2) is 0 Å². The van der Waals surface area contributed by atoms with Crippen molar-refractivity contribution in [1.82, 2.24) is 52.3 Å². The number of thioether (sulfide) groups is 2. The largest absolute Gasteiger partial charge is 0.367 e. The number of fused-ring (bicyclic) bond motifs is 2. The summed E-state index contributed by atoms with van der Waals surface area (Å²) in [5.74, 6) is 9.51. The minimum absolute atomic E-state index is 0.103. The highest BCUT2D eigenvalue weighted by molar-refractivity contribution is 8.00. The van der Waals surface area contributed by atoms with Gasteiger partial charge in [-0.2, -0.15) is 0 Å². The quantitative estimate of drug-likeness (QED) is 0.0891. The van der Waals surface area contributed by atoms with E-state index < -0.39 is 76.2 Å².